The highest BCUT2D eigenvalue weighted by Gasteiger charge is 2.23. The number of rotatable bonds is 2. The summed E-state index contributed by atoms with van der Waals surface area (Å²) in [6.07, 6.45) is 3.81. The third-order valence-corrected chi connectivity index (χ3v) is 3.01. The molecule has 122 valence electrons. The largest absolute Gasteiger partial charge is 0.365 e. The molecule has 0 bridgehead atoms. The Kier molecular flexibility index (Phi) is 7.47. The molecule has 2 aromatic rings. The van der Waals surface area contributed by atoms with Crippen LogP contribution in [-0.4, -0.2) is 15.9 Å². The number of nitrogens with one attached hydrogen (secondary N) is 1. The highest BCUT2D eigenvalue weighted by atomic mass is 16.1. The summed E-state index contributed by atoms with van der Waals surface area (Å²) < 4.78 is 0. The Morgan fingerprint density at radius 1 is 1.04 bits per heavy atom. The van der Waals surface area contributed by atoms with Gasteiger partial charge >= 0.3 is 0 Å². The van der Waals surface area contributed by atoms with E-state index in [-0.39, 0.29) is 0 Å². The van der Waals surface area contributed by atoms with E-state index in [2.05, 4.69) is 15.3 Å². The second-order valence-electron chi connectivity index (χ2n) is 4.25. The number of carbonyl (C=O) groups excluding carboxylic acids is 1. The van der Waals surface area contributed by atoms with Gasteiger partial charge in [0.05, 0.1) is 0 Å². The number of anilines is 1. The molecule has 1 aromatic carbocycles. The molecular weight excluding hydrogens is 288 g/mol. The van der Waals surface area contributed by atoms with E-state index in [1.165, 1.54) is 0 Å². The van der Waals surface area contributed by atoms with Crippen molar-refractivity contribution in [1.29, 1.82) is 0 Å². The van der Waals surface area contributed by atoms with Crippen LogP contribution in [0.4, 0.5) is 5.69 Å². The van der Waals surface area contributed by atoms with Gasteiger partial charge in [0.25, 0.3) is 5.91 Å². The molecular formula is C18H24N4O. The number of benzene rings is 1. The minimum atomic E-state index is -0.526. The molecule has 0 saturated carbocycles. The van der Waals surface area contributed by atoms with Crippen LogP contribution in [0.15, 0.2) is 48.4 Å². The Morgan fingerprint density at radius 3 is 2.22 bits per heavy atom. The van der Waals surface area contributed by atoms with Gasteiger partial charge in [0, 0.05) is 30.2 Å². The minimum absolute atomic E-state index is 0.344. The summed E-state index contributed by atoms with van der Waals surface area (Å²) in [5.74, 6) is -0.174. The lowest BCUT2D eigenvalue weighted by Crippen LogP contribution is -2.18. The van der Waals surface area contributed by atoms with E-state index in [9.17, 15) is 4.79 Å². The van der Waals surface area contributed by atoms with E-state index in [1.54, 1.807) is 18.5 Å². The summed E-state index contributed by atoms with van der Waals surface area (Å²) in [4.78, 5) is 19.9. The van der Waals surface area contributed by atoms with Crippen molar-refractivity contribution in [2.75, 3.05) is 5.32 Å². The number of nitrogens with zero attached hydrogens (tertiary/aromatic N) is 2. The van der Waals surface area contributed by atoms with Crippen LogP contribution in [0.2, 0.25) is 0 Å². The molecule has 1 aliphatic heterocycles. The number of para-hydroxylation sites is 1. The molecule has 1 aromatic heterocycles. The fourth-order valence-electron chi connectivity index (χ4n) is 2.17. The quantitative estimate of drug-likeness (QED) is 0.833. The van der Waals surface area contributed by atoms with Gasteiger partial charge in [-0.05, 0) is 17.7 Å². The molecule has 2 heterocycles. The summed E-state index contributed by atoms with van der Waals surface area (Å²) in [5.41, 5.74) is 8.69. The standard InChI is InChI=1S/C14H12N4O.2C2H6/c15-13(19)12(14-16-6-3-7-17-14)11-8-9-4-1-2-5-10(9)18-11;2*1-2/h1-7,18H,8H2,(H2,15,19);2*1-2H3/b12-11+;;. The van der Waals surface area contributed by atoms with Crippen LogP contribution in [0.1, 0.15) is 39.1 Å². The molecule has 3 N–H and O–H groups in total. The lowest BCUT2D eigenvalue weighted by molar-refractivity contribution is -0.112. The van der Waals surface area contributed by atoms with Crippen molar-refractivity contribution in [2.45, 2.75) is 34.1 Å². The lowest BCUT2D eigenvalue weighted by Gasteiger charge is -2.07. The molecule has 0 aliphatic carbocycles. The molecule has 23 heavy (non-hydrogen) atoms. The van der Waals surface area contributed by atoms with Gasteiger partial charge in [0.2, 0.25) is 0 Å². The smallest absolute Gasteiger partial charge is 0.254 e. The zero-order valence-corrected chi connectivity index (χ0v) is 14.1. The first-order valence-corrected chi connectivity index (χ1v) is 7.91. The van der Waals surface area contributed by atoms with Crippen molar-refractivity contribution in [1.82, 2.24) is 9.97 Å². The number of primary amides is 1. The average molecular weight is 312 g/mol. The molecule has 0 saturated heterocycles. The molecule has 0 unspecified atom stereocenters. The number of fused-ring (bicyclic) bond motifs is 1. The van der Waals surface area contributed by atoms with Crippen LogP contribution >= 0.6 is 0 Å². The highest BCUT2D eigenvalue weighted by molar-refractivity contribution is 6.19. The van der Waals surface area contributed by atoms with E-state index < -0.39 is 5.91 Å². The maximum absolute atomic E-state index is 11.7. The van der Waals surface area contributed by atoms with Crippen molar-refractivity contribution in [2.24, 2.45) is 5.73 Å². The monoisotopic (exact) mass is 312 g/mol. The number of carbonyl (C=O) groups is 1. The first kappa shape index (κ1) is 18.4. The summed E-state index contributed by atoms with van der Waals surface area (Å²) >= 11 is 0. The number of hydrogen-bond acceptors (Lipinski definition) is 4. The number of nitrogens with two attached hydrogens (primary N) is 1. The number of amides is 1. The molecule has 0 fully saturated rings. The van der Waals surface area contributed by atoms with Gasteiger partial charge in [-0.3, -0.25) is 4.79 Å². The first-order valence-electron chi connectivity index (χ1n) is 7.91. The maximum Gasteiger partial charge on any atom is 0.254 e. The Hall–Kier alpha value is -2.69. The predicted molar refractivity (Wildman–Crippen MR) is 94.6 cm³/mol. The van der Waals surface area contributed by atoms with E-state index in [0.29, 0.717) is 17.8 Å². The molecule has 0 spiro atoms. The van der Waals surface area contributed by atoms with Gasteiger partial charge in [-0.15, -0.1) is 0 Å². The molecule has 5 heteroatoms. The predicted octanol–water partition coefficient (Wildman–Crippen LogP) is 3.39. The van der Waals surface area contributed by atoms with Crippen LogP contribution in [0.5, 0.6) is 0 Å². The number of hydrogen-bond donors (Lipinski definition) is 2. The van der Waals surface area contributed by atoms with Crippen LogP contribution in [0, 0.1) is 0 Å². The zero-order valence-electron chi connectivity index (χ0n) is 14.1. The third-order valence-electron chi connectivity index (χ3n) is 3.01. The van der Waals surface area contributed by atoms with Gasteiger partial charge < -0.3 is 11.1 Å². The summed E-state index contributed by atoms with van der Waals surface area (Å²) in [5, 5.41) is 3.21. The summed E-state index contributed by atoms with van der Waals surface area (Å²) in [7, 11) is 0. The highest BCUT2D eigenvalue weighted by Crippen LogP contribution is 2.31. The molecule has 5 nitrogen and oxygen atoms in total. The van der Waals surface area contributed by atoms with Crippen LogP contribution in [-0.2, 0) is 11.2 Å². The Morgan fingerprint density at radius 2 is 1.65 bits per heavy atom. The fraction of sp³-hybridized carbons (Fsp3) is 0.278. The van der Waals surface area contributed by atoms with Crippen molar-refractivity contribution in [3.8, 4) is 0 Å². The van der Waals surface area contributed by atoms with Crippen molar-refractivity contribution in [3.63, 3.8) is 0 Å². The van der Waals surface area contributed by atoms with Crippen LogP contribution < -0.4 is 11.1 Å². The van der Waals surface area contributed by atoms with Gasteiger partial charge in [-0.1, -0.05) is 45.9 Å². The van der Waals surface area contributed by atoms with Crippen molar-refractivity contribution < 1.29 is 4.79 Å². The van der Waals surface area contributed by atoms with Gasteiger partial charge in [0.1, 0.15) is 5.57 Å². The normalized spacial score (nSPS) is 13.4. The summed E-state index contributed by atoms with van der Waals surface area (Å²) in [6, 6.07) is 9.58. The lowest BCUT2D eigenvalue weighted by atomic mass is 10.1. The number of allylic oxidation sites excluding steroid dienone is 1. The van der Waals surface area contributed by atoms with Gasteiger partial charge in [-0.25, -0.2) is 9.97 Å². The Bertz CT molecular complexity index is 639. The molecule has 0 atom stereocenters. The number of aromatic nitrogens is 2. The third kappa shape index (κ3) is 4.39. The molecule has 3 rings (SSSR count). The Labute approximate surface area is 137 Å². The topological polar surface area (TPSA) is 80.9 Å². The molecule has 0 radical (unpaired) electrons. The Balaban J connectivity index is 0.000000615. The SMILES string of the molecule is CC.CC.NC(=O)/C(=C1/Cc2ccccc2N1)c1ncccn1. The van der Waals surface area contributed by atoms with Crippen LogP contribution in [0.25, 0.3) is 5.57 Å². The van der Waals surface area contributed by atoms with E-state index in [1.807, 2.05) is 52.0 Å². The second-order valence-corrected chi connectivity index (χ2v) is 4.25. The average Bonchev–Trinajstić information content (AvgIpc) is 3.02. The van der Waals surface area contributed by atoms with Gasteiger partial charge in [0.15, 0.2) is 5.82 Å². The van der Waals surface area contributed by atoms with E-state index in [0.717, 1.165) is 16.9 Å². The molecule has 1 amide bonds. The first-order chi connectivity index (χ1) is 11.3. The van der Waals surface area contributed by atoms with Crippen molar-refractivity contribution >= 4 is 17.2 Å². The van der Waals surface area contributed by atoms with Crippen LogP contribution in [0.3, 0.4) is 0 Å². The van der Waals surface area contributed by atoms with E-state index >= 15 is 0 Å². The summed E-state index contributed by atoms with van der Waals surface area (Å²) in [6.45, 7) is 8.00. The maximum atomic E-state index is 11.7. The second kappa shape index (κ2) is 9.35. The zero-order chi connectivity index (χ0) is 17.2. The van der Waals surface area contributed by atoms with E-state index in [4.69, 9.17) is 5.73 Å². The van der Waals surface area contributed by atoms with Gasteiger partial charge in [-0.2, -0.15) is 0 Å². The molecule has 1 aliphatic rings. The fourth-order valence-corrected chi connectivity index (χ4v) is 2.17. The minimum Gasteiger partial charge on any atom is -0.365 e. The van der Waals surface area contributed by atoms with Crippen molar-refractivity contribution in [3.05, 3.63) is 59.8 Å².